The first-order valence-electron chi connectivity index (χ1n) is 8.35. The standard InChI is InChI=1S/C20H20ClNO3/c1-13(23)15-2-4-16(5-3-15)17(12-14-8-10-25-11-9-14)19-7-6-18(21)20(24)22-19/h2-7,12,14H,8-11H2,1H3,(H,22,24). The number of carbonyl (C=O) groups is 1. The molecule has 1 fully saturated rings. The number of H-pyrrole nitrogens is 1. The van der Waals surface area contributed by atoms with Gasteiger partial charge in [0.2, 0.25) is 0 Å². The van der Waals surface area contributed by atoms with Gasteiger partial charge in [-0.15, -0.1) is 0 Å². The van der Waals surface area contributed by atoms with Gasteiger partial charge in [-0.1, -0.05) is 41.9 Å². The maximum atomic E-state index is 11.9. The SMILES string of the molecule is CC(=O)c1ccc(C(=CC2CCOCC2)c2ccc(Cl)c(=O)[nH]2)cc1. The van der Waals surface area contributed by atoms with Crippen molar-refractivity contribution in [2.24, 2.45) is 5.92 Å². The highest BCUT2D eigenvalue weighted by molar-refractivity contribution is 6.30. The van der Waals surface area contributed by atoms with Gasteiger partial charge in [-0.05, 0) is 43.4 Å². The third kappa shape index (κ3) is 4.27. The van der Waals surface area contributed by atoms with Gasteiger partial charge in [-0.3, -0.25) is 9.59 Å². The Hall–Kier alpha value is -2.17. The Kier molecular flexibility index (Phi) is 5.51. The summed E-state index contributed by atoms with van der Waals surface area (Å²) in [4.78, 5) is 26.3. The fourth-order valence-electron chi connectivity index (χ4n) is 2.96. The number of rotatable bonds is 4. The molecular weight excluding hydrogens is 338 g/mol. The van der Waals surface area contributed by atoms with Crippen LogP contribution in [-0.2, 0) is 4.74 Å². The van der Waals surface area contributed by atoms with Crippen molar-refractivity contribution in [2.75, 3.05) is 13.2 Å². The molecule has 1 aliphatic rings. The molecule has 3 rings (SSSR count). The van der Waals surface area contributed by atoms with Crippen LogP contribution in [-0.4, -0.2) is 24.0 Å². The van der Waals surface area contributed by atoms with E-state index >= 15 is 0 Å². The van der Waals surface area contributed by atoms with Gasteiger partial charge in [0.05, 0.1) is 0 Å². The van der Waals surface area contributed by atoms with Crippen LogP contribution in [0.1, 0.15) is 41.4 Å². The zero-order valence-corrected chi connectivity index (χ0v) is 14.8. The largest absolute Gasteiger partial charge is 0.381 e. The second-order valence-corrected chi connectivity index (χ2v) is 6.62. The van der Waals surface area contributed by atoms with E-state index in [1.165, 1.54) is 0 Å². The van der Waals surface area contributed by atoms with E-state index < -0.39 is 0 Å². The van der Waals surface area contributed by atoms with E-state index in [0.29, 0.717) is 11.5 Å². The number of halogens is 1. The summed E-state index contributed by atoms with van der Waals surface area (Å²) in [6.45, 7) is 3.04. The number of carbonyl (C=O) groups excluding carboxylic acids is 1. The zero-order chi connectivity index (χ0) is 17.8. The van der Waals surface area contributed by atoms with Crippen molar-refractivity contribution < 1.29 is 9.53 Å². The maximum absolute atomic E-state index is 11.9. The number of hydrogen-bond donors (Lipinski definition) is 1. The van der Waals surface area contributed by atoms with Gasteiger partial charge in [0.25, 0.3) is 5.56 Å². The lowest BCUT2D eigenvalue weighted by atomic mass is 9.92. The number of ether oxygens (including phenoxy) is 1. The molecule has 1 N–H and O–H groups in total. The van der Waals surface area contributed by atoms with Gasteiger partial charge in [0.1, 0.15) is 5.02 Å². The van der Waals surface area contributed by atoms with Crippen LogP contribution in [0.15, 0.2) is 47.3 Å². The maximum Gasteiger partial charge on any atom is 0.267 e. The minimum Gasteiger partial charge on any atom is -0.381 e. The summed E-state index contributed by atoms with van der Waals surface area (Å²) in [6, 6.07) is 10.9. The van der Waals surface area contributed by atoms with Crippen molar-refractivity contribution in [3.63, 3.8) is 0 Å². The van der Waals surface area contributed by atoms with Gasteiger partial charge in [-0.2, -0.15) is 0 Å². The summed E-state index contributed by atoms with van der Waals surface area (Å²) in [5.74, 6) is 0.414. The molecule has 1 saturated heterocycles. The number of ketones is 1. The molecule has 130 valence electrons. The minimum absolute atomic E-state index is 0.0291. The van der Waals surface area contributed by atoms with Crippen LogP contribution in [0, 0.1) is 5.92 Å². The molecule has 2 aromatic rings. The fraction of sp³-hybridized carbons (Fsp3) is 0.300. The van der Waals surface area contributed by atoms with Crippen molar-refractivity contribution in [2.45, 2.75) is 19.8 Å². The summed E-state index contributed by atoms with van der Waals surface area (Å²) in [5.41, 5.74) is 2.97. The Balaban J connectivity index is 2.04. The Morgan fingerprint density at radius 2 is 1.76 bits per heavy atom. The smallest absolute Gasteiger partial charge is 0.267 e. The normalized spacial score (nSPS) is 16.0. The topological polar surface area (TPSA) is 59.2 Å². The number of benzene rings is 1. The lowest BCUT2D eigenvalue weighted by Crippen LogP contribution is -2.15. The average molecular weight is 358 g/mol. The number of aromatic amines is 1. The number of allylic oxidation sites excluding steroid dienone is 1. The molecule has 0 bridgehead atoms. The van der Waals surface area contributed by atoms with E-state index in [1.54, 1.807) is 13.0 Å². The van der Waals surface area contributed by atoms with E-state index in [9.17, 15) is 9.59 Å². The monoisotopic (exact) mass is 357 g/mol. The summed E-state index contributed by atoms with van der Waals surface area (Å²) in [7, 11) is 0. The molecular formula is C20H20ClNO3. The number of aromatic nitrogens is 1. The van der Waals surface area contributed by atoms with Gasteiger partial charge in [0.15, 0.2) is 5.78 Å². The molecule has 5 heteroatoms. The van der Waals surface area contributed by atoms with Crippen molar-refractivity contribution >= 4 is 23.0 Å². The predicted molar refractivity (Wildman–Crippen MR) is 99.1 cm³/mol. The molecule has 1 aromatic carbocycles. The second kappa shape index (κ2) is 7.81. The molecule has 0 aliphatic carbocycles. The third-order valence-electron chi connectivity index (χ3n) is 4.42. The molecule has 2 heterocycles. The molecule has 0 radical (unpaired) electrons. The van der Waals surface area contributed by atoms with Crippen molar-refractivity contribution in [1.82, 2.24) is 4.98 Å². The number of hydrogen-bond acceptors (Lipinski definition) is 3. The van der Waals surface area contributed by atoms with Crippen LogP contribution < -0.4 is 5.56 Å². The first-order chi connectivity index (χ1) is 12.0. The van der Waals surface area contributed by atoms with Crippen molar-refractivity contribution in [3.8, 4) is 0 Å². The highest BCUT2D eigenvalue weighted by Gasteiger charge is 2.15. The summed E-state index contributed by atoms with van der Waals surface area (Å²) in [5, 5.41) is 0.168. The Labute approximate surface area is 151 Å². The van der Waals surface area contributed by atoms with Crippen LogP contribution in [0.2, 0.25) is 5.02 Å². The highest BCUT2D eigenvalue weighted by atomic mass is 35.5. The van der Waals surface area contributed by atoms with E-state index in [-0.39, 0.29) is 16.4 Å². The summed E-state index contributed by atoms with van der Waals surface area (Å²) < 4.78 is 5.43. The first kappa shape index (κ1) is 17.6. The average Bonchev–Trinajstić information content (AvgIpc) is 2.63. The number of pyridine rings is 1. The van der Waals surface area contributed by atoms with Crippen molar-refractivity contribution in [1.29, 1.82) is 0 Å². The first-order valence-corrected chi connectivity index (χ1v) is 8.72. The number of Topliss-reactive ketones (excluding diaryl/α,β-unsaturated/α-hetero) is 1. The zero-order valence-electron chi connectivity index (χ0n) is 14.0. The van der Waals surface area contributed by atoms with E-state index in [2.05, 4.69) is 11.1 Å². The summed E-state index contributed by atoms with van der Waals surface area (Å²) >= 11 is 5.86. The second-order valence-electron chi connectivity index (χ2n) is 6.21. The molecule has 25 heavy (non-hydrogen) atoms. The molecule has 4 nitrogen and oxygen atoms in total. The fourth-order valence-corrected chi connectivity index (χ4v) is 3.07. The van der Waals surface area contributed by atoms with Gasteiger partial charge < -0.3 is 9.72 Å². The van der Waals surface area contributed by atoms with Crippen LogP contribution >= 0.6 is 11.6 Å². The van der Waals surface area contributed by atoms with Gasteiger partial charge in [0, 0.05) is 30.0 Å². The quantitative estimate of drug-likeness (QED) is 0.838. The minimum atomic E-state index is -0.308. The number of nitrogens with one attached hydrogen (secondary N) is 1. The van der Waals surface area contributed by atoms with Crippen LogP contribution in [0.5, 0.6) is 0 Å². The predicted octanol–water partition coefficient (Wildman–Crippen LogP) is 4.09. The molecule has 0 spiro atoms. The molecule has 0 saturated carbocycles. The molecule has 0 unspecified atom stereocenters. The van der Waals surface area contributed by atoms with E-state index in [0.717, 1.165) is 42.9 Å². The third-order valence-corrected chi connectivity index (χ3v) is 4.72. The lowest BCUT2D eigenvalue weighted by Gasteiger charge is -2.21. The van der Waals surface area contributed by atoms with Gasteiger partial charge in [-0.25, -0.2) is 0 Å². The highest BCUT2D eigenvalue weighted by Crippen LogP contribution is 2.27. The van der Waals surface area contributed by atoms with Crippen LogP contribution in [0.4, 0.5) is 0 Å². The van der Waals surface area contributed by atoms with Crippen LogP contribution in [0.25, 0.3) is 5.57 Å². The Bertz CT molecular complexity index is 846. The van der Waals surface area contributed by atoms with Gasteiger partial charge >= 0.3 is 0 Å². The Morgan fingerprint density at radius 3 is 2.36 bits per heavy atom. The van der Waals surface area contributed by atoms with E-state index in [1.807, 2.05) is 30.3 Å². The summed E-state index contributed by atoms with van der Waals surface area (Å²) in [6.07, 6.45) is 4.09. The van der Waals surface area contributed by atoms with Crippen molar-refractivity contribution in [3.05, 3.63) is 74.7 Å². The van der Waals surface area contributed by atoms with Crippen LogP contribution in [0.3, 0.4) is 0 Å². The molecule has 1 aliphatic heterocycles. The molecule has 1 aromatic heterocycles. The van der Waals surface area contributed by atoms with E-state index in [4.69, 9.17) is 16.3 Å². The lowest BCUT2D eigenvalue weighted by molar-refractivity contribution is 0.0786. The molecule has 0 amide bonds. The Morgan fingerprint density at radius 1 is 1.12 bits per heavy atom. The molecule has 0 atom stereocenters.